The van der Waals surface area contributed by atoms with E-state index in [9.17, 15) is 4.79 Å². The van der Waals surface area contributed by atoms with Crippen LogP contribution in [0.3, 0.4) is 0 Å². The number of fused-ring (bicyclic) bond motifs is 1. The van der Waals surface area contributed by atoms with Gasteiger partial charge in [-0.05, 0) is 31.2 Å². The summed E-state index contributed by atoms with van der Waals surface area (Å²) < 4.78 is 7.30. The fourth-order valence-corrected chi connectivity index (χ4v) is 2.68. The van der Waals surface area contributed by atoms with E-state index in [1.165, 1.54) is 0 Å². The van der Waals surface area contributed by atoms with E-state index in [1.807, 2.05) is 31.2 Å². The van der Waals surface area contributed by atoms with Crippen LogP contribution in [0.2, 0.25) is 0 Å². The van der Waals surface area contributed by atoms with Crippen LogP contribution in [0.25, 0.3) is 11.0 Å². The molecule has 1 aromatic carbocycles. The van der Waals surface area contributed by atoms with Crippen molar-refractivity contribution in [1.29, 1.82) is 0 Å². The Bertz CT molecular complexity index is 829. The van der Waals surface area contributed by atoms with E-state index in [0.717, 1.165) is 16.9 Å². The Balaban J connectivity index is 1.88. The molecule has 2 aromatic heterocycles. The van der Waals surface area contributed by atoms with Gasteiger partial charge in [0.2, 0.25) is 0 Å². The summed E-state index contributed by atoms with van der Waals surface area (Å²) in [6.07, 6.45) is 3.19. The van der Waals surface area contributed by atoms with Crippen LogP contribution < -0.4 is 5.32 Å². The van der Waals surface area contributed by atoms with E-state index in [1.54, 1.807) is 31.6 Å². The highest BCUT2D eigenvalue weighted by atomic mass is 16.5. The van der Waals surface area contributed by atoms with Crippen LogP contribution in [-0.4, -0.2) is 34.2 Å². The summed E-state index contributed by atoms with van der Waals surface area (Å²) in [5.41, 5.74) is 2.47. The SMILES string of the molecule is COCCn1c([C@@H](C)NC(=O)c2cccnc2)nc2ccccc21. The van der Waals surface area contributed by atoms with Gasteiger partial charge in [0.1, 0.15) is 5.82 Å². The van der Waals surface area contributed by atoms with Crippen LogP contribution in [0.4, 0.5) is 0 Å². The standard InChI is InChI=1S/C18H20N4O2/c1-13(20-18(23)14-6-5-9-19-12-14)17-21-15-7-3-4-8-16(15)22(17)10-11-24-2/h3-9,12-13H,10-11H2,1-2H3,(H,20,23)/t13-/m1/s1. The lowest BCUT2D eigenvalue weighted by atomic mass is 10.2. The topological polar surface area (TPSA) is 69.0 Å². The molecule has 6 nitrogen and oxygen atoms in total. The molecule has 124 valence electrons. The molecule has 2 heterocycles. The van der Waals surface area contributed by atoms with Crippen LogP contribution in [0, 0.1) is 0 Å². The van der Waals surface area contributed by atoms with Crippen LogP contribution in [0.15, 0.2) is 48.8 Å². The maximum Gasteiger partial charge on any atom is 0.253 e. The van der Waals surface area contributed by atoms with E-state index >= 15 is 0 Å². The second kappa shape index (κ2) is 7.23. The number of aromatic nitrogens is 3. The lowest BCUT2D eigenvalue weighted by molar-refractivity contribution is 0.0937. The summed E-state index contributed by atoms with van der Waals surface area (Å²) in [7, 11) is 1.67. The van der Waals surface area contributed by atoms with Crippen molar-refractivity contribution in [3.8, 4) is 0 Å². The molecule has 1 N–H and O–H groups in total. The first kappa shape index (κ1) is 16.1. The van der Waals surface area contributed by atoms with Gasteiger partial charge in [-0.15, -0.1) is 0 Å². The molecule has 0 fully saturated rings. The average molecular weight is 324 g/mol. The number of carbonyl (C=O) groups excluding carboxylic acids is 1. The van der Waals surface area contributed by atoms with Gasteiger partial charge in [-0.1, -0.05) is 12.1 Å². The Morgan fingerprint density at radius 1 is 1.29 bits per heavy atom. The molecule has 24 heavy (non-hydrogen) atoms. The number of nitrogens with zero attached hydrogens (tertiary/aromatic N) is 3. The van der Waals surface area contributed by atoms with Crippen molar-refractivity contribution < 1.29 is 9.53 Å². The molecule has 0 bridgehead atoms. The van der Waals surface area contributed by atoms with E-state index in [-0.39, 0.29) is 11.9 Å². The highest BCUT2D eigenvalue weighted by Crippen LogP contribution is 2.21. The number of carbonyl (C=O) groups is 1. The number of hydrogen-bond acceptors (Lipinski definition) is 4. The van der Waals surface area contributed by atoms with Gasteiger partial charge in [0.05, 0.1) is 29.2 Å². The molecule has 3 aromatic rings. The van der Waals surface area contributed by atoms with Crippen molar-refractivity contribution >= 4 is 16.9 Å². The number of imidazole rings is 1. The van der Waals surface area contributed by atoms with Crippen LogP contribution in [0.1, 0.15) is 29.1 Å². The van der Waals surface area contributed by atoms with Gasteiger partial charge in [0.25, 0.3) is 5.91 Å². The van der Waals surface area contributed by atoms with Crippen molar-refractivity contribution in [3.63, 3.8) is 0 Å². The predicted molar refractivity (Wildman–Crippen MR) is 91.7 cm³/mol. The van der Waals surface area contributed by atoms with E-state index in [0.29, 0.717) is 18.7 Å². The maximum absolute atomic E-state index is 12.4. The molecule has 0 spiro atoms. The Morgan fingerprint density at radius 2 is 2.12 bits per heavy atom. The summed E-state index contributed by atoms with van der Waals surface area (Å²) in [6, 6.07) is 11.2. The predicted octanol–water partition coefficient (Wildman–Crippen LogP) is 2.57. The number of nitrogens with one attached hydrogen (secondary N) is 1. The van der Waals surface area contributed by atoms with Gasteiger partial charge in [-0.3, -0.25) is 9.78 Å². The summed E-state index contributed by atoms with van der Waals surface area (Å²) in [5.74, 6) is 0.645. The molecule has 6 heteroatoms. The molecule has 1 amide bonds. The Labute approximate surface area is 140 Å². The second-order valence-corrected chi connectivity index (χ2v) is 5.54. The highest BCUT2D eigenvalue weighted by molar-refractivity contribution is 5.94. The van der Waals surface area contributed by atoms with Crippen LogP contribution in [-0.2, 0) is 11.3 Å². The zero-order valence-electron chi connectivity index (χ0n) is 13.8. The number of rotatable bonds is 6. The zero-order chi connectivity index (χ0) is 16.9. The first-order valence-corrected chi connectivity index (χ1v) is 7.85. The number of para-hydroxylation sites is 2. The molecule has 0 unspecified atom stereocenters. The van der Waals surface area contributed by atoms with Crippen molar-refractivity contribution in [2.75, 3.05) is 13.7 Å². The fourth-order valence-electron chi connectivity index (χ4n) is 2.68. The zero-order valence-corrected chi connectivity index (χ0v) is 13.8. The Kier molecular flexibility index (Phi) is 4.86. The molecular weight excluding hydrogens is 304 g/mol. The summed E-state index contributed by atoms with van der Waals surface area (Å²) in [5, 5.41) is 2.99. The van der Waals surface area contributed by atoms with E-state index < -0.39 is 0 Å². The fraction of sp³-hybridized carbons (Fsp3) is 0.278. The van der Waals surface area contributed by atoms with Crippen molar-refractivity contribution in [3.05, 3.63) is 60.2 Å². The van der Waals surface area contributed by atoms with Gasteiger partial charge < -0.3 is 14.6 Å². The highest BCUT2D eigenvalue weighted by Gasteiger charge is 2.18. The molecule has 0 saturated carbocycles. The molecule has 1 atom stereocenters. The molecular formula is C18H20N4O2. The van der Waals surface area contributed by atoms with Crippen molar-refractivity contribution in [2.24, 2.45) is 0 Å². The number of amides is 1. The van der Waals surface area contributed by atoms with Gasteiger partial charge in [0, 0.05) is 26.0 Å². The third-order valence-corrected chi connectivity index (χ3v) is 3.86. The van der Waals surface area contributed by atoms with Gasteiger partial charge in [-0.25, -0.2) is 4.98 Å². The molecule has 0 aliphatic carbocycles. The molecule has 3 rings (SSSR count). The number of methoxy groups -OCH3 is 1. The van der Waals surface area contributed by atoms with Crippen LogP contribution in [0.5, 0.6) is 0 Å². The molecule has 0 radical (unpaired) electrons. The van der Waals surface area contributed by atoms with E-state index in [4.69, 9.17) is 4.74 Å². The number of benzene rings is 1. The second-order valence-electron chi connectivity index (χ2n) is 5.54. The van der Waals surface area contributed by atoms with E-state index in [2.05, 4.69) is 19.9 Å². The third kappa shape index (κ3) is 3.28. The first-order chi connectivity index (χ1) is 11.7. The lowest BCUT2D eigenvalue weighted by Crippen LogP contribution is -2.29. The van der Waals surface area contributed by atoms with Gasteiger partial charge >= 0.3 is 0 Å². The smallest absolute Gasteiger partial charge is 0.253 e. The summed E-state index contributed by atoms with van der Waals surface area (Å²) in [4.78, 5) is 21.0. The van der Waals surface area contributed by atoms with Crippen molar-refractivity contribution in [2.45, 2.75) is 19.5 Å². The minimum Gasteiger partial charge on any atom is -0.383 e. The number of ether oxygens (including phenoxy) is 1. The Morgan fingerprint density at radius 3 is 2.88 bits per heavy atom. The lowest BCUT2D eigenvalue weighted by Gasteiger charge is -2.16. The first-order valence-electron chi connectivity index (χ1n) is 7.85. The van der Waals surface area contributed by atoms with Gasteiger partial charge in [0.15, 0.2) is 0 Å². The van der Waals surface area contributed by atoms with Crippen LogP contribution >= 0.6 is 0 Å². The average Bonchev–Trinajstić information content (AvgIpc) is 2.99. The monoisotopic (exact) mass is 324 g/mol. The molecule has 0 aliphatic rings. The largest absolute Gasteiger partial charge is 0.383 e. The normalized spacial score (nSPS) is 12.2. The summed E-state index contributed by atoms with van der Waals surface area (Å²) in [6.45, 7) is 3.19. The minimum absolute atomic E-state index is 0.166. The van der Waals surface area contributed by atoms with Gasteiger partial charge in [-0.2, -0.15) is 0 Å². The number of hydrogen-bond donors (Lipinski definition) is 1. The number of pyridine rings is 1. The maximum atomic E-state index is 12.4. The van der Waals surface area contributed by atoms with Crippen molar-refractivity contribution in [1.82, 2.24) is 19.9 Å². The molecule has 0 saturated heterocycles. The Hall–Kier alpha value is -2.73. The third-order valence-electron chi connectivity index (χ3n) is 3.86. The summed E-state index contributed by atoms with van der Waals surface area (Å²) >= 11 is 0. The minimum atomic E-state index is -0.234. The quantitative estimate of drug-likeness (QED) is 0.756. The molecule has 0 aliphatic heterocycles.